The Hall–Kier alpha value is -3.41. The molecule has 0 bridgehead atoms. The molecule has 9 nitrogen and oxygen atoms in total. The van der Waals surface area contributed by atoms with E-state index in [9.17, 15) is 18.0 Å². The third kappa shape index (κ3) is 6.68. The molecule has 0 spiro atoms. The number of aryl methyl sites for hydroxylation is 1. The van der Waals surface area contributed by atoms with Crippen molar-refractivity contribution in [3.63, 3.8) is 0 Å². The fourth-order valence-electron chi connectivity index (χ4n) is 3.58. The lowest BCUT2D eigenvalue weighted by Gasteiger charge is -2.21. The highest BCUT2D eigenvalue weighted by molar-refractivity contribution is 5.96. The number of ketones is 1. The van der Waals surface area contributed by atoms with Crippen molar-refractivity contribution in [2.24, 2.45) is 4.99 Å². The van der Waals surface area contributed by atoms with Crippen molar-refractivity contribution >= 4 is 11.4 Å². The molecule has 3 aromatic rings. The van der Waals surface area contributed by atoms with E-state index in [1.54, 1.807) is 32.9 Å². The molecule has 0 aliphatic rings. The molecule has 0 fully saturated rings. The Balaban J connectivity index is 2.14. The van der Waals surface area contributed by atoms with Crippen molar-refractivity contribution in [3.05, 3.63) is 46.1 Å². The predicted octanol–water partition coefficient (Wildman–Crippen LogP) is 3.56. The van der Waals surface area contributed by atoms with Gasteiger partial charge in [-0.25, -0.2) is 9.67 Å². The summed E-state index contributed by atoms with van der Waals surface area (Å²) in [6.07, 6.45) is -4.56. The van der Waals surface area contributed by atoms with Crippen LogP contribution >= 0.6 is 0 Å². The second-order valence-corrected chi connectivity index (χ2v) is 9.60. The van der Waals surface area contributed by atoms with Gasteiger partial charge in [-0.1, -0.05) is 20.8 Å². The third-order valence-corrected chi connectivity index (χ3v) is 5.67. The fourth-order valence-corrected chi connectivity index (χ4v) is 3.58. The number of Topliss-reactive ketones (excluding diaryl/α,β-unsaturated/α-hetero) is 1. The number of nitrogens with zero attached hydrogens (tertiary/aromatic N) is 5. The molecule has 0 radical (unpaired) electrons. The molecule has 2 heterocycles. The molecular formula is C25H32F3N5O4. The van der Waals surface area contributed by atoms with Gasteiger partial charge in [0, 0.05) is 16.7 Å². The number of halogens is 3. The first-order chi connectivity index (χ1) is 17.2. The summed E-state index contributed by atoms with van der Waals surface area (Å²) < 4.78 is 52.6. The van der Waals surface area contributed by atoms with Crippen LogP contribution in [0, 0.1) is 13.8 Å². The van der Waals surface area contributed by atoms with Gasteiger partial charge < -0.3 is 14.6 Å². The number of rotatable bonds is 9. The number of aromatic nitrogens is 4. The van der Waals surface area contributed by atoms with E-state index in [2.05, 4.69) is 15.2 Å². The molecule has 12 heteroatoms. The number of benzene rings is 1. The van der Waals surface area contributed by atoms with Crippen molar-refractivity contribution in [2.45, 2.75) is 59.7 Å². The monoisotopic (exact) mass is 523 g/mol. The Morgan fingerprint density at radius 1 is 1.08 bits per heavy atom. The zero-order valence-corrected chi connectivity index (χ0v) is 21.8. The number of carbonyl (C=O) groups excluding carboxylic acids is 1. The first kappa shape index (κ1) is 28.2. The average molecular weight is 524 g/mol. The summed E-state index contributed by atoms with van der Waals surface area (Å²) in [5.74, 6) is 0.243. The van der Waals surface area contributed by atoms with Gasteiger partial charge in [0.15, 0.2) is 11.4 Å². The highest BCUT2D eigenvalue weighted by Gasteiger charge is 2.27. The van der Waals surface area contributed by atoms with Gasteiger partial charge in [-0.2, -0.15) is 17.7 Å². The van der Waals surface area contributed by atoms with Crippen molar-refractivity contribution in [1.29, 1.82) is 0 Å². The highest BCUT2D eigenvalue weighted by Crippen LogP contribution is 2.28. The zero-order valence-electron chi connectivity index (χ0n) is 21.8. The molecule has 0 saturated carbocycles. The maximum atomic E-state index is 13.4. The second-order valence-electron chi connectivity index (χ2n) is 9.60. The summed E-state index contributed by atoms with van der Waals surface area (Å²) in [7, 11) is 0. The van der Waals surface area contributed by atoms with E-state index in [1.807, 2.05) is 20.8 Å². The van der Waals surface area contributed by atoms with Crippen molar-refractivity contribution in [3.8, 4) is 11.6 Å². The van der Waals surface area contributed by atoms with E-state index in [4.69, 9.17) is 14.6 Å². The van der Waals surface area contributed by atoms with Crippen LogP contribution in [0.15, 0.2) is 23.2 Å². The van der Waals surface area contributed by atoms with E-state index in [-0.39, 0.29) is 42.3 Å². The second kappa shape index (κ2) is 10.9. The Labute approximate surface area is 212 Å². The molecule has 1 aromatic carbocycles. The molecule has 202 valence electrons. The highest BCUT2D eigenvalue weighted by atomic mass is 19.4. The molecule has 0 aliphatic carbocycles. The van der Waals surface area contributed by atoms with E-state index in [1.165, 1.54) is 10.6 Å². The maximum Gasteiger partial charge on any atom is 0.408 e. The quantitative estimate of drug-likeness (QED) is 0.430. The number of aliphatic hydroxyl groups is 1. The number of aliphatic hydroxyl groups excluding tert-OH is 1. The van der Waals surface area contributed by atoms with E-state index in [0.29, 0.717) is 29.0 Å². The van der Waals surface area contributed by atoms with Crippen LogP contribution in [0.2, 0.25) is 0 Å². The number of alkyl halides is 3. The Morgan fingerprint density at radius 3 is 2.38 bits per heavy atom. The van der Waals surface area contributed by atoms with Crippen molar-refractivity contribution < 1.29 is 32.5 Å². The molecule has 0 saturated heterocycles. The van der Waals surface area contributed by atoms with Gasteiger partial charge >= 0.3 is 6.18 Å². The molecule has 2 aromatic heterocycles. The maximum absolute atomic E-state index is 13.4. The molecule has 0 amide bonds. The van der Waals surface area contributed by atoms with Gasteiger partial charge in [0.05, 0.1) is 13.2 Å². The number of hydrogen-bond acceptors (Lipinski definition) is 7. The molecule has 0 aliphatic heterocycles. The van der Waals surface area contributed by atoms with Crippen LogP contribution in [-0.2, 0) is 12.0 Å². The van der Waals surface area contributed by atoms with Gasteiger partial charge in [0.25, 0.3) is 0 Å². The fraction of sp³-hybridized carbons (Fsp3) is 0.520. The van der Waals surface area contributed by atoms with Crippen LogP contribution in [0.25, 0.3) is 5.65 Å². The summed E-state index contributed by atoms with van der Waals surface area (Å²) >= 11 is 0. The van der Waals surface area contributed by atoms with E-state index in [0.717, 1.165) is 10.2 Å². The lowest BCUT2D eigenvalue weighted by molar-refractivity contribution is -0.118. The van der Waals surface area contributed by atoms with E-state index >= 15 is 0 Å². The van der Waals surface area contributed by atoms with Gasteiger partial charge in [0.2, 0.25) is 11.5 Å². The van der Waals surface area contributed by atoms with Crippen LogP contribution in [0.3, 0.4) is 0 Å². The Bertz CT molecular complexity index is 1350. The lowest BCUT2D eigenvalue weighted by Crippen LogP contribution is -2.30. The van der Waals surface area contributed by atoms with Crippen molar-refractivity contribution in [1.82, 2.24) is 19.4 Å². The first-order valence-electron chi connectivity index (χ1n) is 11.8. The average Bonchev–Trinajstić information content (AvgIpc) is 3.15. The van der Waals surface area contributed by atoms with Gasteiger partial charge in [-0.15, -0.1) is 10.2 Å². The number of hydrogen-bond donors (Lipinski definition) is 1. The molecule has 0 atom stereocenters. The first-order valence-corrected chi connectivity index (χ1v) is 11.8. The van der Waals surface area contributed by atoms with Crippen LogP contribution in [0.1, 0.15) is 54.7 Å². The predicted molar refractivity (Wildman–Crippen MR) is 130 cm³/mol. The SMILES string of the molecule is CCOc1nn2c(=NCC(F)(F)F)n(CC(=O)c3cc(OCCO)cc(C(C)(C)C)c3)nc2c(C)c1C. The standard InChI is InChI=1S/C25H32F3N5O4/c1-7-36-22-16(3)15(2)21-30-32(23(33(21)31-22)29-14-25(26,27)28)13-20(35)17-10-18(24(4,5)6)12-19(11-17)37-9-8-34/h10-12,34H,7-9,13-14H2,1-6H3. The zero-order chi connectivity index (χ0) is 27.5. The molecule has 37 heavy (non-hydrogen) atoms. The topological polar surface area (TPSA) is 103 Å². The van der Waals surface area contributed by atoms with Crippen LogP contribution in [-0.4, -0.2) is 62.8 Å². The van der Waals surface area contributed by atoms with Gasteiger partial charge in [-0.05, 0) is 49.9 Å². The largest absolute Gasteiger partial charge is 0.491 e. The summed E-state index contributed by atoms with van der Waals surface area (Å²) in [5.41, 5.74) is 2.17. The van der Waals surface area contributed by atoms with Gasteiger partial charge in [0.1, 0.15) is 25.4 Å². The molecular weight excluding hydrogens is 491 g/mol. The number of carbonyl (C=O) groups is 1. The third-order valence-electron chi connectivity index (χ3n) is 5.67. The van der Waals surface area contributed by atoms with Crippen molar-refractivity contribution in [2.75, 3.05) is 26.4 Å². The Kier molecular flexibility index (Phi) is 8.31. The summed E-state index contributed by atoms with van der Waals surface area (Å²) in [6.45, 7) is 9.54. The molecule has 1 N–H and O–H groups in total. The summed E-state index contributed by atoms with van der Waals surface area (Å²) in [4.78, 5) is 17.1. The minimum absolute atomic E-state index is 0.0509. The summed E-state index contributed by atoms with van der Waals surface area (Å²) in [5, 5.41) is 17.8. The van der Waals surface area contributed by atoms with E-state index < -0.39 is 18.5 Å². The molecule has 0 unspecified atom stereocenters. The molecule has 3 rings (SSSR count). The van der Waals surface area contributed by atoms with Crippen LogP contribution < -0.4 is 15.1 Å². The minimum atomic E-state index is -4.56. The summed E-state index contributed by atoms with van der Waals surface area (Å²) in [6, 6.07) is 5.05. The van der Waals surface area contributed by atoms with Crippen LogP contribution in [0.4, 0.5) is 13.2 Å². The number of fused-ring (bicyclic) bond motifs is 1. The van der Waals surface area contributed by atoms with Gasteiger partial charge in [-0.3, -0.25) is 4.79 Å². The number of ether oxygens (including phenoxy) is 2. The van der Waals surface area contributed by atoms with Crippen LogP contribution in [0.5, 0.6) is 11.6 Å². The smallest absolute Gasteiger partial charge is 0.408 e. The normalized spacial score (nSPS) is 12.9. The lowest BCUT2D eigenvalue weighted by atomic mass is 9.85. The Morgan fingerprint density at radius 2 is 1.78 bits per heavy atom. The minimum Gasteiger partial charge on any atom is -0.491 e.